The highest BCUT2D eigenvalue weighted by molar-refractivity contribution is 5.98. The zero-order valence-electron chi connectivity index (χ0n) is 12.3. The minimum absolute atomic E-state index is 0.00324. The number of aliphatic hydroxyl groups excluding tert-OH is 1. The lowest BCUT2D eigenvalue weighted by molar-refractivity contribution is -0.130. The van der Waals surface area contributed by atoms with Crippen molar-refractivity contribution in [2.45, 2.75) is 13.3 Å². The third kappa shape index (κ3) is 3.52. The van der Waals surface area contributed by atoms with Crippen LogP contribution < -0.4 is 9.64 Å². The van der Waals surface area contributed by atoms with E-state index < -0.39 is 0 Å². The maximum Gasteiger partial charge on any atom is 0.265 e. The fourth-order valence-corrected chi connectivity index (χ4v) is 2.23. The number of likely N-dealkylation sites (N-methyl/N-ethyl adjacent to an activating group) is 1. The summed E-state index contributed by atoms with van der Waals surface area (Å²) in [6.45, 7) is 2.48. The van der Waals surface area contributed by atoms with Crippen LogP contribution >= 0.6 is 0 Å². The van der Waals surface area contributed by atoms with E-state index in [9.17, 15) is 9.59 Å². The van der Waals surface area contributed by atoms with Crippen LogP contribution in [0.5, 0.6) is 5.75 Å². The average Bonchev–Trinajstić information content (AvgIpc) is 2.46. The number of carbonyl (C=O) groups excluding carboxylic acids is 2. The van der Waals surface area contributed by atoms with E-state index in [1.807, 2.05) is 25.1 Å². The summed E-state index contributed by atoms with van der Waals surface area (Å²) < 4.78 is 5.39. The molecule has 0 radical (unpaired) electrons. The smallest absolute Gasteiger partial charge is 0.265 e. The molecule has 0 bridgehead atoms. The number of benzene rings is 1. The summed E-state index contributed by atoms with van der Waals surface area (Å²) in [6.07, 6.45) is 0.218. The van der Waals surface area contributed by atoms with Crippen molar-refractivity contribution in [3.05, 3.63) is 23.8 Å². The lowest BCUT2D eigenvalue weighted by Crippen LogP contribution is -2.41. The van der Waals surface area contributed by atoms with Crippen LogP contribution in [0, 0.1) is 6.92 Å². The molecule has 6 nitrogen and oxygen atoms in total. The van der Waals surface area contributed by atoms with Crippen molar-refractivity contribution in [1.82, 2.24) is 4.90 Å². The van der Waals surface area contributed by atoms with Crippen LogP contribution in [0.2, 0.25) is 0 Å². The second-order valence-electron chi connectivity index (χ2n) is 5.09. The molecule has 1 aromatic carbocycles. The van der Waals surface area contributed by atoms with Gasteiger partial charge in [0, 0.05) is 26.6 Å². The summed E-state index contributed by atoms with van der Waals surface area (Å²) in [5.74, 6) is 0.416. The molecule has 0 spiro atoms. The highest BCUT2D eigenvalue weighted by Crippen LogP contribution is 2.32. The molecule has 0 fully saturated rings. The van der Waals surface area contributed by atoms with Gasteiger partial charge in [0.1, 0.15) is 5.75 Å². The van der Waals surface area contributed by atoms with Crippen molar-refractivity contribution in [2.24, 2.45) is 0 Å². The molecule has 0 aliphatic carbocycles. The van der Waals surface area contributed by atoms with E-state index in [4.69, 9.17) is 9.84 Å². The van der Waals surface area contributed by atoms with Crippen LogP contribution in [0.15, 0.2) is 18.2 Å². The third-order valence-corrected chi connectivity index (χ3v) is 3.47. The number of anilines is 1. The number of carbonyl (C=O) groups is 2. The molecule has 21 heavy (non-hydrogen) atoms. The van der Waals surface area contributed by atoms with Crippen LogP contribution in [0.1, 0.15) is 12.0 Å². The van der Waals surface area contributed by atoms with E-state index in [1.54, 1.807) is 11.9 Å². The number of ether oxygens (including phenoxy) is 1. The zero-order chi connectivity index (χ0) is 15.4. The summed E-state index contributed by atoms with van der Waals surface area (Å²) >= 11 is 0. The number of aliphatic hydroxyl groups is 1. The first-order valence-electron chi connectivity index (χ1n) is 6.91. The SMILES string of the molecule is Cc1ccc2c(c1)N(CCC(=O)N(C)CCO)C(=O)CO2. The minimum Gasteiger partial charge on any atom is -0.482 e. The molecular formula is C15H20N2O4. The lowest BCUT2D eigenvalue weighted by Gasteiger charge is -2.30. The van der Waals surface area contributed by atoms with Crippen molar-refractivity contribution >= 4 is 17.5 Å². The van der Waals surface area contributed by atoms with E-state index in [0.717, 1.165) is 5.56 Å². The highest BCUT2D eigenvalue weighted by atomic mass is 16.5. The molecule has 0 saturated heterocycles. The third-order valence-electron chi connectivity index (χ3n) is 3.47. The number of rotatable bonds is 5. The zero-order valence-corrected chi connectivity index (χ0v) is 12.3. The van der Waals surface area contributed by atoms with Gasteiger partial charge in [0.25, 0.3) is 5.91 Å². The molecule has 1 heterocycles. The van der Waals surface area contributed by atoms with Gasteiger partial charge in [-0.1, -0.05) is 6.07 Å². The highest BCUT2D eigenvalue weighted by Gasteiger charge is 2.26. The van der Waals surface area contributed by atoms with Crippen LogP contribution in [-0.2, 0) is 9.59 Å². The molecule has 0 atom stereocenters. The standard InChI is InChI=1S/C15H20N2O4/c1-11-3-4-13-12(9-11)17(15(20)10-21-13)6-5-14(19)16(2)7-8-18/h3-4,9,18H,5-8,10H2,1-2H3. The monoisotopic (exact) mass is 292 g/mol. The fraction of sp³-hybridized carbons (Fsp3) is 0.467. The molecule has 0 saturated carbocycles. The van der Waals surface area contributed by atoms with E-state index in [2.05, 4.69) is 0 Å². The summed E-state index contributed by atoms with van der Waals surface area (Å²) in [5, 5.41) is 8.83. The number of amides is 2. The molecule has 2 rings (SSSR count). The number of hydrogen-bond donors (Lipinski definition) is 1. The maximum atomic E-state index is 12.0. The molecule has 1 N–H and O–H groups in total. The van der Waals surface area contributed by atoms with E-state index in [-0.39, 0.29) is 31.4 Å². The van der Waals surface area contributed by atoms with Gasteiger partial charge >= 0.3 is 0 Å². The Hall–Kier alpha value is -2.08. The van der Waals surface area contributed by atoms with Gasteiger partial charge in [0.2, 0.25) is 5.91 Å². The molecule has 0 aromatic heterocycles. The average molecular weight is 292 g/mol. The molecule has 6 heteroatoms. The topological polar surface area (TPSA) is 70.1 Å². The molecule has 114 valence electrons. The predicted octanol–water partition coefficient (Wildman–Crippen LogP) is 0.561. The van der Waals surface area contributed by atoms with Gasteiger partial charge in [0.15, 0.2) is 6.61 Å². The summed E-state index contributed by atoms with van der Waals surface area (Å²) in [6, 6.07) is 5.64. The predicted molar refractivity (Wildman–Crippen MR) is 78.4 cm³/mol. The van der Waals surface area contributed by atoms with Gasteiger partial charge in [-0.15, -0.1) is 0 Å². The van der Waals surface area contributed by atoms with Gasteiger partial charge in [-0.3, -0.25) is 9.59 Å². The molecular weight excluding hydrogens is 272 g/mol. The number of fused-ring (bicyclic) bond motifs is 1. The molecule has 2 amide bonds. The largest absolute Gasteiger partial charge is 0.482 e. The Labute approximate surface area is 123 Å². The molecule has 1 aliphatic heterocycles. The quantitative estimate of drug-likeness (QED) is 0.861. The van der Waals surface area contributed by atoms with Crippen molar-refractivity contribution in [3.63, 3.8) is 0 Å². The van der Waals surface area contributed by atoms with Crippen molar-refractivity contribution < 1.29 is 19.4 Å². The number of aryl methyl sites for hydroxylation is 1. The number of nitrogens with zero attached hydrogens (tertiary/aromatic N) is 2. The summed E-state index contributed by atoms with van der Waals surface area (Å²) in [4.78, 5) is 27.0. The summed E-state index contributed by atoms with van der Waals surface area (Å²) in [5.41, 5.74) is 1.74. The van der Waals surface area contributed by atoms with E-state index in [0.29, 0.717) is 24.5 Å². The van der Waals surface area contributed by atoms with Crippen LogP contribution in [0.3, 0.4) is 0 Å². The molecule has 0 unspecified atom stereocenters. The van der Waals surface area contributed by atoms with Crippen LogP contribution in [-0.4, -0.2) is 55.2 Å². The van der Waals surface area contributed by atoms with Gasteiger partial charge in [0.05, 0.1) is 12.3 Å². The normalized spacial score (nSPS) is 13.7. The second-order valence-corrected chi connectivity index (χ2v) is 5.09. The van der Waals surface area contributed by atoms with Gasteiger partial charge in [-0.2, -0.15) is 0 Å². The lowest BCUT2D eigenvalue weighted by atomic mass is 10.1. The Balaban J connectivity index is 2.08. The first-order valence-corrected chi connectivity index (χ1v) is 6.91. The van der Waals surface area contributed by atoms with Crippen LogP contribution in [0.25, 0.3) is 0 Å². The Morgan fingerprint density at radius 1 is 1.48 bits per heavy atom. The maximum absolute atomic E-state index is 12.0. The van der Waals surface area contributed by atoms with Crippen molar-refractivity contribution in [2.75, 3.05) is 38.3 Å². The molecule has 1 aliphatic rings. The second kappa shape index (κ2) is 6.58. The minimum atomic E-state index is -0.147. The van der Waals surface area contributed by atoms with Crippen LogP contribution in [0.4, 0.5) is 5.69 Å². The van der Waals surface area contributed by atoms with Gasteiger partial charge in [-0.25, -0.2) is 0 Å². The Bertz CT molecular complexity index is 544. The first-order chi connectivity index (χ1) is 10.0. The van der Waals surface area contributed by atoms with Crippen molar-refractivity contribution in [3.8, 4) is 5.75 Å². The Kier molecular flexibility index (Phi) is 4.80. The fourth-order valence-electron chi connectivity index (χ4n) is 2.23. The Morgan fingerprint density at radius 3 is 2.95 bits per heavy atom. The van der Waals surface area contributed by atoms with Crippen molar-refractivity contribution in [1.29, 1.82) is 0 Å². The van der Waals surface area contributed by atoms with E-state index >= 15 is 0 Å². The molecule has 1 aromatic rings. The Morgan fingerprint density at radius 2 is 2.24 bits per heavy atom. The van der Waals surface area contributed by atoms with E-state index in [1.165, 1.54) is 4.90 Å². The van der Waals surface area contributed by atoms with Gasteiger partial charge in [-0.05, 0) is 24.6 Å². The number of hydrogen-bond acceptors (Lipinski definition) is 4. The first kappa shape index (κ1) is 15.3. The summed E-state index contributed by atoms with van der Waals surface area (Å²) in [7, 11) is 1.64. The van der Waals surface area contributed by atoms with Gasteiger partial charge < -0.3 is 19.6 Å².